The number of hydrazine groups is 1. The molecule has 2 heterocycles. The van der Waals surface area contributed by atoms with Crippen molar-refractivity contribution in [1.82, 2.24) is 15.2 Å². The molecule has 0 unspecified atom stereocenters. The molecule has 0 bridgehead atoms. The summed E-state index contributed by atoms with van der Waals surface area (Å²) in [6, 6.07) is 0.366. The fourth-order valence-electron chi connectivity index (χ4n) is 1.86. The highest BCUT2D eigenvalue weighted by molar-refractivity contribution is 5.93. The summed E-state index contributed by atoms with van der Waals surface area (Å²) >= 11 is 0. The number of nitrogens with zero attached hydrogens (tertiary/aromatic N) is 3. The van der Waals surface area contributed by atoms with Gasteiger partial charge < -0.3 is 10.5 Å². The third kappa shape index (κ3) is 1.34. The standard InChI is InChI=1S/C10H12N4O2/c15-10(16)8-6-12-14(7-2-3-7)9(8)13-5-1-4-11-13/h1,4,6-7,11H,2-3,5H2,(H,15,16). The molecule has 0 atom stereocenters. The first-order valence-corrected chi connectivity index (χ1v) is 5.27. The number of anilines is 1. The highest BCUT2D eigenvalue weighted by atomic mass is 16.4. The van der Waals surface area contributed by atoms with E-state index in [1.165, 1.54) is 6.20 Å². The van der Waals surface area contributed by atoms with Crippen LogP contribution >= 0.6 is 0 Å². The van der Waals surface area contributed by atoms with E-state index in [-0.39, 0.29) is 5.56 Å². The van der Waals surface area contributed by atoms with Gasteiger partial charge in [0.25, 0.3) is 0 Å². The lowest BCUT2D eigenvalue weighted by atomic mass is 10.3. The molecule has 3 rings (SSSR count). The van der Waals surface area contributed by atoms with Gasteiger partial charge in [-0.05, 0) is 18.9 Å². The lowest BCUT2D eigenvalue weighted by Gasteiger charge is -2.20. The molecule has 0 saturated heterocycles. The Morgan fingerprint density at radius 2 is 2.38 bits per heavy atom. The van der Waals surface area contributed by atoms with Gasteiger partial charge in [-0.25, -0.2) is 9.48 Å². The quantitative estimate of drug-likeness (QED) is 0.786. The van der Waals surface area contributed by atoms with Crippen molar-refractivity contribution in [1.29, 1.82) is 0 Å². The lowest BCUT2D eigenvalue weighted by Crippen LogP contribution is -2.33. The van der Waals surface area contributed by atoms with Crippen LogP contribution in [0.15, 0.2) is 18.5 Å². The van der Waals surface area contributed by atoms with E-state index in [1.807, 2.05) is 10.8 Å². The molecule has 84 valence electrons. The van der Waals surface area contributed by atoms with Crippen molar-refractivity contribution in [2.45, 2.75) is 18.9 Å². The Hall–Kier alpha value is -1.98. The van der Waals surface area contributed by atoms with Crippen LogP contribution in [-0.2, 0) is 0 Å². The van der Waals surface area contributed by atoms with Crippen molar-refractivity contribution in [3.63, 3.8) is 0 Å². The highest BCUT2D eigenvalue weighted by Crippen LogP contribution is 2.38. The number of carboxylic acid groups (broad SMARTS) is 1. The van der Waals surface area contributed by atoms with E-state index in [0.717, 1.165) is 12.8 Å². The summed E-state index contributed by atoms with van der Waals surface area (Å²) in [4.78, 5) is 11.1. The number of rotatable bonds is 3. The minimum absolute atomic E-state index is 0.253. The number of carboxylic acids is 1. The van der Waals surface area contributed by atoms with Crippen LogP contribution in [0.1, 0.15) is 29.2 Å². The molecule has 2 aliphatic rings. The van der Waals surface area contributed by atoms with Crippen LogP contribution in [0.25, 0.3) is 0 Å². The molecule has 1 aromatic rings. The molecule has 6 heteroatoms. The molecule has 6 nitrogen and oxygen atoms in total. The minimum Gasteiger partial charge on any atom is -0.477 e. The van der Waals surface area contributed by atoms with Crippen LogP contribution in [0.3, 0.4) is 0 Å². The Morgan fingerprint density at radius 1 is 1.56 bits per heavy atom. The van der Waals surface area contributed by atoms with E-state index in [9.17, 15) is 4.79 Å². The Kier molecular flexibility index (Phi) is 1.89. The number of hydrogen-bond acceptors (Lipinski definition) is 4. The molecule has 0 amide bonds. The molecule has 0 aromatic carbocycles. The smallest absolute Gasteiger partial charge is 0.341 e. The van der Waals surface area contributed by atoms with Gasteiger partial charge in [0.1, 0.15) is 5.56 Å². The first-order chi connectivity index (χ1) is 7.77. The van der Waals surface area contributed by atoms with Crippen LogP contribution in [0.2, 0.25) is 0 Å². The zero-order valence-electron chi connectivity index (χ0n) is 8.63. The van der Waals surface area contributed by atoms with Crippen LogP contribution in [-0.4, -0.2) is 27.4 Å². The highest BCUT2D eigenvalue weighted by Gasteiger charge is 2.32. The zero-order chi connectivity index (χ0) is 11.1. The summed E-state index contributed by atoms with van der Waals surface area (Å²) in [7, 11) is 0. The van der Waals surface area contributed by atoms with Crippen molar-refractivity contribution < 1.29 is 9.90 Å². The summed E-state index contributed by atoms with van der Waals surface area (Å²) in [5, 5.41) is 15.1. The predicted octanol–water partition coefficient (Wildman–Crippen LogP) is 0.754. The fourth-order valence-corrected chi connectivity index (χ4v) is 1.86. The summed E-state index contributed by atoms with van der Waals surface area (Å²) in [6.45, 7) is 0.665. The maximum absolute atomic E-state index is 11.1. The molecule has 1 aliphatic carbocycles. The van der Waals surface area contributed by atoms with Gasteiger partial charge in [-0.3, -0.25) is 5.01 Å². The molecule has 16 heavy (non-hydrogen) atoms. The van der Waals surface area contributed by atoms with Gasteiger partial charge in [0.2, 0.25) is 0 Å². The predicted molar refractivity (Wildman–Crippen MR) is 57.1 cm³/mol. The summed E-state index contributed by atoms with van der Waals surface area (Å²) in [5.41, 5.74) is 3.26. The van der Waals surface area contributed by atoms with Crippen molar-refractivity contribution >= 4 is 11.8 Å². The van der Waals surface area contributed by atoms with Gasteiger partial charge >= 0.3 is 5.97 Å². The number of hydrogen-bond donors (Lipinski definition) is 2. The van der Waals surface area contributed by atoms with Crippen molar-refractivity contribution in [2.24, 2.45) is 0 Å². The van der Waals surface area contributed by atoms with Crippen LogP contribution in [0.4, 0.5) is 5.82 Å². The third-order valence-electron chi connectivity index (χ3n) is 2.78. The average molecular weight is 220 g/mol. The molecule has 0 radical (unpaired) electrons. The number of nitrogens with one attached hydrogen (secondary N) is 1. The second-order valence-corrected chi connectivity index (χ2v) is 4.00. The van der Waals surface area contributed by atoms with E-state index in [1.54, 1.807) is 11.2 Å². The SMILES string of the molecule is O=C(O)c1cnn(C2CC2)c1N1CC=CN1. The van der Waals surface area contributed by atoms with Crippen LogP contribution < -0.4 is 10.4 Å². The average Bonchev–Trinajstić information content (AvgIpc) is 2.82. The number of aromatic nitrogens is 2. The molecule has 1 saturated carbocycles. The van der Waals surface area contributed by atoms with Crippen LogP contribution in [0, 0.1) is 0 Å². The topological polar surface area (TPSA) is 70.4 Å². The molecule has 2 N–H and O–H groups in total. The van der Waals surface area contributed by atoms with E-state index in [2.05, 4.69) is 10.5 Å². The van der Waals surface area contributed by atoms with Crippen LogP contribution in [0.5, 0.6) is 0 Å². The third-order valence-corrected chi connectivity index (χ3v) is 2.78. The van der Waals surface area contributed by atoms with E-state index >= 15 is 0 Å². The Bertz CT molecular complexity index is 453. The first-order valence-electron chi connectivity index (χ1n) is 5.27. The van der Waals surface area contributed by atoms with Gasteiger partial charge in [-0.2, -0.15) is 5.10 Å². The number of carbonyl (C=O) groups is 1. The summed E-state index contributed by atoms with van der Waals surface area (Å²) < 4.78 is 1.81. The first kappa shape index (κ1) is 9.26. The van der Waals surface area contributed by atoms with E-state index in [4.69, 9.17) is 5.11 Å². The fraction of sp³-hybridized carbons (Fsp3) is 0.400. The van der Waals surface area contributed by atoms with Gasteiger partial charge in [-0.1, -0.05) is 0 Å². The van der Waals surface area contributed by atoms with Crippen molar-refractivity contribution in [3.05, 3.63) is 24.0 Å². The molecule has 0 spiro atoms. The van der Waals surface area contributed by atoms with E-state index < -0.39 is 5.97 Å². The molecule has 1 fully saturated rings. The van der Waals surface area contributed by atoms with Gasteiger partial charge in [0.05, 0.1) is 18.8 Å². The van der Waals surface area contributed by atoms with Crippen molar-refractivity contribution in [2.75, 3.05) is 11.6 Å². The monoisotopic (exact) mass is 220 g/mol. The maximum atomic E-state index is 11.1. The lowest BCUT2D eigenvalue weighted by molar-refractivity contribution is 0.0697. The zero-order valence-corrected chi connectivity index (χ0v) is 8.63. The second-order valence-electron chi connectivity index (χ2n) is 4.00. The Balaban J connectivity index is 2.02. The molecule has 1 aromatic heterocycles. The van der Waals surface area contributed by atoms with E-state index in [0.29, 0.717) is 18.4 Å². The van der Waals surface area contributed by atoms with Crippen molar-refractivity contribution in [3.8, 4) is 0 Å². The number of aromatic carboxylic acids is 1. The van der Waals surface area contributed by atoms with Gasteiger partial charge in [0.15, 0.2) is 5.82 Å². The minimum atomic E-state index is -0.935. The molecule has 1 aliphatic heterocycles. The van der Waals surface area contributed by atoms with Gasteiger partial charge in [-0.15, -0.1) is 0 Å². The normalized spacial score (nSPS) is 18.9. The Labute approximate surface area is 92.1 Å². The second kappa shape index (κ2) is 3.26. The summed E-state index contributed by atoms with van der Waals surface area (Å²) in [5.74, 6) is -0.282. The molecular formula is C10H12N4O2. The largest absolute Gasteiger partial charge is 0.477 e. The summed E-state index contributed by atoms with van der Waals surface area (Å²) in [6.07, 6.45) is 7.33. The van der Waals surface area contributed by atoms with Gasteiger partial charge in [0, 0.05) is 6.20 Å². The molecular weight excluding hydrogens is 208 g/mol. The Morgan fingerprint density at radius 3 is 2.94 bits per heavy atom. The maximum Gasteiger partial charge on any atom is 0.341 e.